The predicted molar refractivity (Wildman–Crippen MR) is 80.5 cm³/mol. The molecule has 0 radical (unpaired) electrons. The number of aromatic nitrogens is 3. The molecule has 20 heavy (non-hydrogen) atoms. The maximum absolute atomic E-state index is 4.51. The Morgan fingerprint density at radius 1 is 1.10 bits per heavy atom. The van der Waals surface area contributed by atoms with Gasteiger partial charge < -0.3 is 5.32 Å². The summed E-state index contributed by atoms with van der Waals surface area (Å²) < 4.78 is 1.99. The molecule has 2 aromatic heterocycles. The van der Waals surface area contributed by atoms with Gasteiger partial charge in [0.15, 0.2) is 0 Å². The van der Waals surface area contributed by atoms with Gasteiger partial charge in [-0.1, -0.05) is 31.2 Å². The Bertz CT molecular complexity index is 685. The number of benzene rings is 1. The largest absolute Gasteiger partial charge is 0.313 e. The van der Waals surface area contributed by atoms with Crippen molar-refractivity contribution in [3.8, 4) is 0 Å². The number of fused-ring (bicyclic) bond motifs is 1. The first-order valence-corrected chi connectivity index (χ1v) is 6.92. The molecule has 2 heterocycles. The summed E-state index contributed by atoms with van der Waals surface area (Å²) >= 11 is 0. The van der Waals surface area contributed by atoms with E-state index < -0.39 is 0 Å². The van der Waals surface area contributed by atoms with Crippen LogP contribution < -0.4 is 5.32 Å². The first-order valence-electron chi connectivity index (χ1n) is 6.92. The monoisotopic (exact) mass is 266 g/mol. The van der Waals surface area contributed by atoms with Gasteiger partial charge in [-0.05, 0) is 24.2 Å². The van der Waals surface area contributed by atoms with E-state index in [0.29, 0.717) is 6.54 Å². The van der Waals surface area contributed by atoms with Crippen LogP contribution in [0.15, 0.2) is 48.8 Å². The molecular weight excluding hydrogens is 248 g/mol. The zero-order chi connectivity index (χ0) is 13.8. The Hall–Kier alpha value is -2.20. The molecule has 3 aromatic rings. The van der Waals surface area contributed by atoms with Crippen LogP contribution in [0.5, 0.6) is 0 Å². The standard InChI is InChI=1S/C16H18N4/c1-2-17-9-13-7-8-15(18-10-13)12-20-16-6-4-3-5-14(16)11-19-20/h3-8,10-11,17H,2,9,12H2,1H3. The summed E-state index contributed by atoms with van der Waals surface area (Å²) in [5, 5.41) is 8.89. The number of hydrogen-bond acceptors (Lipinski definition) is 3. The first kappa shape index (κ1) is 12.8. The van der Waals surface area contributed by atoms with Gasteiger partial charge in [0, 0.05) is 18.1 Å². The van der Waals surface area contributed by atoms with Gasteiger partial charge in [0.1, 0.15) is 0 Å². The topological polar surface area (TPSA) is 42.7 Å². The number of hydrogen-bond donors (Lipinski definition) is 1. The van der Waals surface area contributed by atoms with Gasteiger partial charge in [-0.2, -0.15) is 5.10 Å². The highest BCUT2D eigenvalue weighted by atomic mass is 15.3. The third kappa shape index (κ3) is 2.70. The molecule has 0 aliphatic rings. The van der Waals surface area contributed by atoms with E-state index >= 15 is 0 Å². The molecule has 0 saturated carbocycles. The van der Waals surface area contributed by atoms with Crippen molar-refractivity contribution in [2.75, 3.05) is 6.54 Å². The lowest BCUT2D eigenvalue weighted by molar-refractivity contribution is 0.690. The molecular formula is C16H18N4. The molecule has 0 saturated heterocycles. The van der Waals surface area contributed by atoms with Crippen molar-refractivity contribution in [1.82, 2.24) is 20.1 Å². The maximum atomic E-state index is 4.51. The van der Waals surface area contributed by atoms with Crippen LogP contribution in [0.4, 0.5) is 0 Å². The molecule has 0 atom stereocenters. The predicted octanol–water partition coefficient (Wildman–Crippen LogP) is 2.59. The molecule has 0 aliphatic heterocycles. The number of nitrogens with one attached hydrogen (secondary N) is 1. The van der Waals surface area contributed by atoms with E-state index in [2.05, 4.69) is 46.6 Å². The maximum Gasteiger partial charge on any atom is 0.0838 e. The Balaban J connectivity index is 1.77. The molecule has 3 rings (SSSR count). The van der Waals surface area contributed by atoms with Crippen molar-refractivity contribution in [2.24, 2.45) is 0 Å². The van der Waals surface area contributed by atoms with Gasteiger partial charge in [-0.25, -0.2) is 0 Å². The second kappa shape index (κ2) is 5.84. The minimum absolute atomic E-state index is 0.703. The van der Waals surface area contributed by atoms with Crippen LogP contribution in [0.2, 0.25) is 0 Å². The SMILES string of the molecule is CCNCc1ccc(Cn2ncc3ccccc32)nc1. The molecule has 4 nitrogen and oxygen atoms in total. The summed E-state index contributed by atoms with van der Waals surface area (Å²) in [5.41, 5.74) is 3.38. The van der Waals surface area contributed by atoms with Crippen LogP contribution in [-0.4, -0.2) is 21.3 Å². The van der Waals surface area contributed by atoms with E-state index in [1.54, 1.807) is 0 Å². The zero-order valence-electron chi connectivity index (χ0n) is 11.6. The minimum Gasteiger partial charge on any atom is -0.313 e. The molecule has 0 bridgehead atoms. The molecule has 102 valence electrons. The zero-order valence-corrected chi connectivity index (χ0v) is 11.6. The molecule has 1 N–H and O–H groups in total. The third-order valence-corrected chi connectivity index (χ3v) is 3.33. The third-order valence-electron chi connectivity index (χ3n) is 3.33. The number of para-hydroxylation sites is 1. The van der Waals surface area contributed by atoms with E-state index in [1.807, 2.05) is 29.2 Å². The first-order chi connectivity index (χ1) is 9.86. The van der Waals surface area contributed by atoms with Gasteiger partial charge in [0.05, 0.1) is 24.0 Å². The Kier molecular flexibility index (Phi) is 3.74. The van der Waals surface area contributed by atoms with E-state index in [9.17, 15) is 0 Å². The average Bonchev–Trinajstić information content (AvgIpc) is 2.90. The van der Waals surface area contributed by atoms with Gasteiger partial charge in [-0.3, -0.25) is 9.67 Å². The Morgan fingerprint density at radius 2 is 2.00 bits per heavy atom. The highest BCUT2D eigenvalue weighted by Gasteiger charge is 2.03. The van der Waals surface area contributed by atoms with Crippen LogP contribution in [0, 0.1) is 0 Å². The van der Waals surface area contributed by atoms with Crippen LogP contribution >= 0.6 is 0 Å². The van der Waals surface area contributed by atoms with Crippen LogP contribution in [-0.2, 0) is 13.1 Å². The lowest BCUT2D eigenvalue weighted by atomic mass is 10.2. The molecule has 4 heteroatoms. The normalized spacial score (nSPS) is 11.1. The summed E-state index contributed by atoms with van der Waals surface area (Å²) in [6, 6.07) is 12.4. The molecule has 0 aliphatic carbocycles. The fourth-order valence-electron chi connectivity index (χ4n) is 2.23. The van der Waals surface area contributed by atoms with Crippen LogP contribution in [0.3, 0.4) is 0 Å². The van der Waals surface area contributed by atoms with Crippen molar-refractivity contribution >= 4 is 10.9 Å². The lowest BCUT2D eigenvalue weighted by Gasteiger charge is -2.05. The summed E-state index contributed by atoms with van der Waals surface area (Å²) in [6.07, 6.45) is 3.83. The van der Waals surface area contributed by atoms with Gasteiger partial charge in [0.25, 0.3) is 0 Å². The highest BCUT2D eigenvalue weighted by molar-refractivity contribution is 5.78. The van der Waals surface area contributed by atoms with Crippen molar-refractivity contribution < 1.29 is 0 Å². The van der Waals surface area contributed by atoms with Crippen molar-refractivity contribution in [3.05, 3.63) is 60.0 Å². The molecule has 0 amide bonds. The Labute approximate surface area is 118 Å². The summed E-state index contributed by atoms with van der Waals surface area (Å²) in [7, 11) is 0. The van der Waals surface area contributed by atoms with E-state index in [1.165, 1.54) is 5.56 Å². The summed E-state index contributed by atoms with van der Waals surface area (Å²) in [5.74, 6) is 0. The van der Waals surface area contributed by atoms with Crippen LogP contribution in [0.25, 0.3) is 10.9 Å². The van der Waals surface area contributed by atoms with Gasteiger partial charge in [-0.15, -0.1) is 0 Å². The quantitative estimate of drug-likeness (QED) is 0.772. The fraction of sp³-hybridized carbons (Fsp3) is 0.250. The van der Waals surface area contributed by atoms with Crippen LogP contribution in [0.1, 0.15) is 18.2 Å². The van der Waals surface area contributed by atoms with Gasteiger partial charge in [0.2, 0.25) is 0 Å². The van der Waals surface area contributed by atoms with E-state index in [-0.39, 0.29) is 0 Å². The molecule has 1 aromatic carbocycles. The van der Waals surface area contributed by atoms with E-state index in [0.717, 1.165) is 29.7 Å². The average molecular weight is 266 g/mol. The number of nitrogens with zero attached hydrogens (tertiary/aromatic N) is 3. The highest BCUT2D eigenvalue weighted by Crippen LogP contribution is 2.13. The lowest BCUT2D eigenvalue weighted by Crippen LogP contribution is -2.12. The smallest absolute Gasteiger partial charge is 0.0838 e. The second-order valence-electron chi connectivity index (χ2n) is 4.80. The van der Waals surface area contributed by atoms with Crippen molar-refractivity contribution in [3.63, 3.8) is 0 Å². The van der Waals surface area contributed by atoms with Crippen molar-refractivity contribution in [1.29, 1.82) is 0 Å². The van der Waals surface area contributed by atoms with Crippen molar-refractivity contribution in [2.45, 2.75) is 20.0 Å². The molecule has 0 unspecified atom stereocenters. The number of pyridine rings is 1. The van der Waals surface area contributed by atoms with E-state index in [4.69, 9.17) is 0 Å². The van der Waals surface area contributed by atoms with Gasteiger partial charge >= 0.3 is 0 Å². The number of rotatable bonds is 5. The molecule has 0 spiro atoms. The summed E-state index contributed by atoms with van der Waals surface area (Å²) in [4.78, 5) is 4.51. The summed E-state index contributed by atoms with van der Waals surface area (Å²) in [6.45, 7) is 4.65. The fourth-order valence-corrected chi connectivity index (χ4v) is 2.23. The minimum atomic E-state index is 0.703. The molecule has 0 fully saturated rings. The Morgan fingerprint density at radius 3 is 2.80 bits per heavy atom. The second-order valence-corrected chi connectivity index (χ2v) is 4.80.